The SMILES string of the molecule is CCCNC1CC2CCCC(C1)N2CCC(C)S(C)=O. The molecule has 0 spiro atoms. The molecule has 2 aliphatic heterocycles. The highest BCUT2D eigenvalue weighted by Gasteiger charge is 2.37. The second-order valence-electron chi connectivity index (χ2n) is 6.70. The van der Waals surface area contributed by atoms with Gasteiger partial charge in [0.2, 0.25) is 0 Å². The van der Waals surface area contributed by atoms with Crippen molar-refractivity contribution in [1.29, 1.82) is 0 Å². The van der Waals surface area contributed by atoms with Crippen molar-refractivity contribution in [2.24, 2.45) is 0 Å². The molecule has 2 saturated heterocycles. The predicted molar refractivity (Wildman–Crippen MR) is 87.6 cm³/mol. The van der Waals surface area contributed by atoms with E-state index in [9.17, 15) is 4.21 Å². The molecule has 2 rings (SSSR count). The Morgan fingerprint density at radius 1 is 1.30 bits per heavy atom. The molecule has 0 aliphatic carbocycles. The molecule has 2 heterocycles. The van der Waals surface area contributed by atoms with Gasteiger partial charge in [-0.2, -0.15) is 0 Å². The van der Waals surface area contributed by atoms with Crippen molar-refractivity contribution in [1.82, 2.24) is 10.2 Å². The Morgan fingerprint density at radius 3 is 2.50 bits per heavy atom. The van der Waals surface area contributed by atoms with Gasteiger partial charge in [-0.25, -0.2) is 0 Å². The van der Waals surface area contributed by atoms with E-state index in [0.29, 0.717) is 5.25 Å². The molecule has 1 N–H and O–H groups in total. The van der Waals surface area contributed by atoms with Gasteiger partial charge >= 0.3 is 0 Å². The average Bonchev–Trinajstić information content (AvgIpc) is 2.41. The molecule has 0 radical (unpaired) electrons. The van der Waals surface area contributed by atoms with Gasteiger partial charge in [-0.1, -0.05) is 20.3 Å². The number of hydrogen-bond acceptors (Lipinski definition) is 3. The summed E-state index contributed by atoms with van der Waals surface area (Å²) < 4.78 is 11.5. The molecule has 3 nitrogen and oxygen atoms in total. The smallest absolute Gasteiger partial charge is 0.0329 e. The lowest BCUT2D eigenvalue weighted by molar-refractivity contribution is 0.0239. The van der Waals surface area contributed by atoms with E-state index in [-0.39, 0.29) is 0 Å². The molecule has 0 saturated carbocycles. The molecule has 4 unspecified atom stereocenters. The minimum atomic E-state index is -0.671. The van der Waals surface area contributed by atoms with Crippen molar-refractivity contribution < 1.29 is 4.21 Å². The Balaban J connectivity index is 1.86. The van der Waals surface area contributed by atoms with E-state index in [1.54, 1.807) is 0 Å². The molecule has 2 fully saturated rings. The second kappa shape index (κ2) is 7.90. The third-order valence-electron chi connectivity index (χ3n) is 5.17. The van der Waals surface area contributed by atoms with Crippen LogP contribution in [-0.4, -0.2) is 51.8 Å². The van der Waals surface area contributed by atoms with Crippen LogP contribution in [-0.2, 0) is 10.8 Å². The largest absolute Gasteiger partial charge is 0.314 e. The Hall–Kier alpha value is 0.0700. The lowest BCUT2D eigenvalue weighted by Crippen LogP contribution is -2.56. The van der Waals surface area contributed by atoms with Crippen LogP contribution < -0.4 is 5.32 Å². The quantitative estimate of drug-likeness (QED) is 0.784. The lowest BCUT2D eigenvalue weighted by atomic mass is 9.81. The van der Waals surface area contributed by atoms with Crippen molar-refractivity contribution in [3.8, 4) is 0 Å². The standard InChI is InChI=1S/C16H32N2OS/c1-4-9-17-14-11-15-6-5-7-16(12-14)18(15)10-8-13(2)20(3)19/h13-17H,4-12H2,1-3H3. The number of hydrogen-bond donors (Lipinski definition) is 1. The zero-order chi connectivity index (χ0) is 14.5. The zero-order valence-corrected chi connectivity index (χ0v) is 14.3. The third kappa shape index (κ3) is 4.28. The first-order chi connectivity index (χ1) is 9.61. The van der Waals surface area contributed by atoms with Gasteiger partial charge in [0.25, 0.3) is 0 Å². The third-order valence-corrected chi connectivity index (χ3v) is 6.54. The van der Waals surface area contributed by atoms with Crippen LogP contribution in [0.25, 0.3) is 0 Å². The zero-order valence-electron chi connectivity index (χ0n) is 13.4. The summed E-state index contributed by atoms with van der Waals surface area (Å²) >= 11 is 0. The van der Waals surface area contributed by atoms with Gasteiger partial charge in [-0.05, 0) is 51.6 Å². The summed E-state index contributed by atoms with van der Waals surface area (Å²) in [7, 11) is -0.671. The molecule has 20 heavy (non-hydrogen) atoms. The summed E-state index contributed by atoms with van der Waals surface area (Å²) in [5, 5.41) is 4.07. The minimum Gasteiger partial charge on any atom is -0.314 e. The number of rotatable bonds is 7. The maximum absolute atomic E-state index is 11.5. The number of piperidine rings is 2. The van der Waals surface area contributed by atoms with E-state index >= 15 is 0 Å². The van der Waals surface area contributed by atoms with Gasteiger partial charge in [-0.15, -0.1) is 0 Å². The van der Waals surface area contributed by atoms with Crippen molar-refractivity contribution >= 4 is 10.8 Å². The molecule has 2 bridgehead atoms. The molecule has 0 aromatic heterocycles. The van der Waals surface area contributed by atoms with Gasteiger partial charge in [-0.3, -0.25) is 9.11 Å². The predicted octanol–water partition coefficient (Wildman–Crippen LogP) is 2.53. The Morgan fingerprint density at radius 2 is 1.95 bits per heavy atom. The first-order valence-electron chi connectivity index (χ1n) is 8.43. The van der Waals surface area contributed by atoms with Gasteiger partial charge < -0.3 is 5.32 Å². The highest BCUT2D eigenvalue weighted by Crippen LogP contribution is 2.34. The Bertz CT molecular complexity index is 310. The van der Waals surface area contributed by atoms with E-state index in [1.807, 2.05) is 6.26 Å². The fraction of sp³-hybridized carbons (Fsp3) is 1.00. The van der Waals surface area contributed by atoms with Gasteiger partial charge in [0.1, 0.15) is 0 Å². The van der Waals surface area contributed by atoms with Gasteiger partial charge in [0.05, 0.1) is 0 Å². The van der Waals surface area contributed by atoms with E-state index in [1.165, 1.54) is 38.5 Å². The van der Waals surface area contributed by atoms with E-state index < -0.39 is 10.8 Å². The summed E-state index contributed by atoms with van der Waals surface area (Å²) in [4.78, 5) is 2.75. The second-order valence-corrected chi connectivity index (χ2v) is 8.50. The molecule has 2 aliphatic rings. The Labute approximate surface area is 127 Å². The molecule has 0 amide bonds. The van der Waals surface area contributed by atoms with Crippen LogP contribution in [0.15, 0.2) is 0 Å². The summed E-state index contributed by atoms with van der Waals surface area (Å²) in [6.07, 6.45) is 10.9. The first-order valence-corrected chi connectivity index (χ1v) is 10.0. The van der Waals surface area contributed by atoms with Crippen LogP contribution in [0.2, 0.25) is 0 Å². The highest BCUT2D eigenvalue weighted by molar-refractivity contribution is 7.84. The van der Waals surface area contributed by atoms with Gasteiger partial charge in [0.15, 0.2) is 0 Å². The van der Waals surface area contributed by atoms with Gasteiger partial charge in [0, 0.05) is 40.4 Å². The molecule has 0 aromatic rings. The number of nitrogens with zero attached hydrogens (tertiary/aromatic N) is 1. The molecule has 4 heteroatoms. The van der Waals surface area contributed by atoms with Crippen molar-refractivity contribution in [3.63, 3.8) is 0 Å². The lowest BCUT2D eigenvalue weighted by Gasteiger charge is -2.49. The van der Waals surface area contributed by atoms with Crippen LogP contribution in [0.5, 0.6) is 0 Å². The summed E-state index contributed by atoms with van der Waals surface area (Å²) in [6, 6.07) is 2.28. The van der Waals surface area contributed by atoms with Crippen LogP contribution in [0.4, 0.5) is 0 Å². The maximum Gasteiger partial charge on any atom is 0.0329 e. The molecule has 0 aromatic carbocycles. The monoisotopic (exact) mass is 300 g/mol. The Kier molecular flexibility index (Phi) is 6.50. The minimum absolute atomic E-state index is 0.340. The highest BCUT2D eigenvalue weighted by atomic mass is 32.2. The van der Waals surface area contributed by atoms with Crippen molar-refractivity contribution in [3.05, 3.63) is 0 Å². The first kappa shape index (κ1) is 16.4. The normalized spacial score (nSPS) is 33.9. The van der Waals surface area contributed by atoms with E-state index in [0.717, 1.165) is 37.6 Å². The van der Waals surface area contributed by atoms with Crippen LogP contribution in [0.3, 0.4) is 0 Å². The number of fused-ring (bicyclic) bond motifs is 2. The fourth-order valence-electron chi connectivity index (χ4n) is 3.86. The molecular weight excluding hydrogens is 268 g/mol. The number of nitrogens with one attached hydrogen (secondary N) is 1. The van der Waals surface area contributed by atoms with Crippen LogP contribution in [0.1, 0.15) is 58.8 Å². The van der Waals surface area contributed by atoms with Crippen molar-refractivity contribution in [2.75, 3.05) is 19.3 Å². The molecule has 4 atom stereocenters. The topological polar surface area (TPSA) is 32.3 Å². The van der Waals surface area contributed by atoms with Crippen molar-refractivity contribution in [2.45, 2.75) is 82.2 Å². The summed E-state index contributed by atoms with van der Waals surface area (Å²) in [5.41, 5.74) is 0. The molecular formula is C16H32N2OS. The van der Waals surface area contributed by atoms with E-state index in [4.69, 9.17) is 0 Å². The average molecular weight is 301 g/mol. The summed E-state index contributed by atoms with van der Waals surface area (Å²) in [5.74, 6) is 0. The van der Waals surface area contributed by atoms with Crippen LogP contribution >= 0.6 is 0 Å². The van der Waals surface area contributed by atoms with Crippen LogP contribution in [0, 0.1) is 0 Å². The fourth-order valence-corrected chi connectivity index (χ4v) is 4.29. The van der Waals surface area contributed by atoms with E-state index in [2.05, 4.69) is 24.1 Å². The maximum atomic E-state index is 11.5. The summed E-state index contributed by atoms with van der Waals surface area (Å²) in [6.45, 7) is 6.68. The molecule has 118 valence electrons.